The molecule has 0 atom stereocenters. The third-order valence-corrected chi connectivity index (χ3v) is 5.53. The van der Waals surface area contributed by atoms with Gasteiger partial charge in [-0.3, -0.25) is 10.0 Å². The summed E-state index contributed by atoms with van der Waals surface area (Å²) in [6.45, 7) is 0.576. The molecule has 27 heavy (non-hydrogen) atoms. The van der Waals surface area contributed by atoms with Crippen molar-refractivity contribution < 1.29 is 14.7 Å². The van der Waals surface area contributed by atoms with Crippen LogP contribution in [0.15, 0.2) is 42.5 Å². The second-order valence-corrected chi connectivity index (χ2v) is 7.62. The molecule has 0 saturated carbocycles. The molecule has 1 heterocycles. The maximum absolute atomic E-state index is 10.9. The molecule has 7 heteroatoms. The van der Waals surface area contributed by atoms with E-state index in [1.165, 1.54) is 0 Å². The summed E-state index contributed by atoms with van der Waals surface area (Å²) in [6.07, 6.45) is 3.86. The fraction of sp³-hybridized carbons (Fsp3) is 0.300. The van der Waals surface area contributed by atoms with Crippen LogP contribution in [0.25, 0.3) is 20.8 Å². The normalized spacial score (nSPS) is 10.9. The third kappa shape index (κ3) is 5.42. The third-order valence-electron chi connectivity index (χ3n) is 4.15. The predicted octanol–water partition coefficient (Wildman–Crippen LogP) is 5.45. The quantitative estimate of drug-likeness (QED) is 0.282. The lowest BCUT2D eigenvalue weighted by Crippen LogP contribution is -2.17. The molecule has 2 aromatic carbocycles. The van der Waals surface area contributed by atoms with E-state index < -0.39 is 0 Å². The van der Waals surface area contributed by atoms with E-state index in [-0.39, 0.29) is 5.91 Å². The topological polar surface area (TPSA) is 71.5 Å². The van der Waals surface area contributed by atoms with E-state index in [0.717, 1.165) is 46.5 Å². The van der Waals surface area contributed by atoms with Gasteiger partial charge < -0.3 is 4.74 Å². The van der Waals surface area contributed by atoms with Gasteiger partial charge in [-0.15, -0.1) is 11.3 Å². The van der Waals surface area contributed by atoms with Crippen LogP contribution in [-0.4, -0.2) is 22.7 Å². The number of carbonyl (C=O) groups excluding carboxylic acids is 1. The van der Waals surface area contributed by atoms with Crippen LogP contribution in [0.2, 0.25) is 5.02 Å². The minimum Gasteiger partial charge on any atom is -0.492 e. The lowest BCUT2D eigenvalue weighted by atomic mass is 10.1. The van der Waals surface area contributed by atoms with Crippen LogP contribution in [0.5, 0.6) is 5.75 Å². The number of halogens is 1. The number of amides is 1. The Bertz CT molecular complexity index is 880. The highest BCUT2D eigenvalue weighted by Gasteiger charge is 2.09. The van der Waals surface area contributed by atoms with Gasteiger partial charge in [-0.2, -0.15) is 0 Å². The van der Waals surface area contributed by atoms with Gasteiger partial charge in [-0.05, 0) is 43.2 Å². The molecule has 142 valence electrons. The Morgan fingerprint density at radius 1 is 1.15 bits per heavy atom. The summed E-state index contributed by atoms with van der Waals surface area (Å²) in [4.78, 5) is 15.6. The number of nitrogens with zero attached hydrogens (tertiary/aromatic N) is 1. The summed E-state index contributed by atoms with van der Waals surface area (Å²) in [5.41, 5.74) is 3.61. The molecule has 3 rings (SSSR count). The zero-order chi connectivity index (χ0) is 19.1. The first-order valence-electron chi connectivity index (χ1n) is 8.88. The average Bonchev–Trinajstić information content (AvgIpc) is 3.12. The van der Waals surface area contributed by atoms with Crippen molar-refractivity contribution >= 4 is 39.1 Å². The number of hydrogen-bond acceptors (Lipinski definition) is 5. The van der Waals surface area contributed by atoms with Gasteiger partial charge >= 0.3 is 0 Å². The van der Waals surface area contributed by atoms with E-state index in [1.54, 1.807) is 16.8 Å². The van der Waals surface area contributed by atoms with Crippen LogP contribution in [0.4, 0.5) is 0 Å². The highest BCUT2D eigenvalue weighted by Crippen LogP contribution is 2.34. The molecule has 3 aromatic rings. The van der Waals surface area contributed by atoms with Crippen LogP contribution < -0.4 is 10.2 Å². The number of ether oxygens (including phenoxy) is 1. The number of carbonyl (C=O) groups is 1. The Morgan fingerprint density at radius 2 is 1.96 bits per heavy atom. The average molecular weight is 405 g/mol. The summed E-state index contributed by atoms with van der Waals surface area (Å²) in [6, 6.07) is 13.8. The molecule has 0 unspecified atom stereocenters. The number of benzene rings is 2. The van der Waals surface area contributed by atoms with Crippen molar-refractivity contribution in [3.63, 3.8) is 0 Å². The summed E-state index contributed by atoms with van der Waals surface area (Å²) in [5, 5.41) is 9.94. The molecule has 0 aliphatic carbocycles. The van der Waals surface area contributed by atoms with Gasteiger partial charge in [0.05, 0.1) is 21.8 Å². The van der Waals surface area contributed by atoms with Crippen molar-refractivity contribution in [2.75, 3.05) is 6.61 Å². The molecule has 1 aromatic heterocycles. The number of hydrogen-bond donors (Lipinski definition) is 2. The number of rotatable bonds is 9. The zero-order valence-electron chi connectivity index (χ0n) is 14.8. The van der Waals surface area contributed by atoms with Gasteiger partial charge in [-0.25, -0.2) is 10.5 Å². The van der Waals surface area contributed by atoms with Gasteiger partial charge in [-0.1, -0.05) is 36.6 Å². The Hall–Kier alpha value is -2.15. The van der Waals surface area contributed by atoms with Crippen LogP contribution in [0.1, 0.15) is 32.1 Å². The molecule has 2 N–H and O–H groups in total. The van der Waals surface area contributed by atoms with Gasteiger partial charge in [0, 0.05) is 12.0 Å². The van der Waals surface area contributed by atoms with Gasteiger partial charge in [0.1, 0.15) is 10.8 Å². The number of para-hydroxylation sites is 1. The minimum atomic E-state index is -0.341. The predicted molar refractivity (Wildman–Crippen MR) is 109 cm³/mol. The molecular formula is C20H21ClN2O3S. The second-order valence-electron chi connectivity index (χ2n) is 6.18. The molecule has 0 aliphatic heterocycles. The maximum Gasteiger partial charge on any atom is 0.243 e. The Morgan fingerprint density at radius 3 is 2.74 bits per heavy atom. The van der Waals surface area contributed by atoms with Crippen LogP contribution >= 0.6 is 22.9 Å². The largest absolute Gasteiger partial charge is 0.492 e. The van der Waals surface area contributed by atoms with E-state index in [9.17, 15) is 4.79 Å². The van der Waals surface area contributed by atoms with Gasteiger partial charge in [0.25, 0.3) is 0 Å². The number of thiazole rings is 1. The molecule has 1 amide bonds. The zero-order valence-corrected chi connectivity index (χ0v) is 16.4. The number of aromatic nitrogens is 1. The van der Waals surface area contributed by atoms with E-state index in [0.29, 0.717) is 23.8 Å². The lowest BCUT2D eigenvalue weighted by Gasteiger charge is -2.09. The number of nitrogens with one attached hydrogen (secondary N) is 1. The van der Waals surface area contributed by atoms with E-state index in [2.05, 4.69) is 11.1 Å². The van der Waals surface area contributed by atoms with Crippen LogP contribution in [0, 0.1) is 0 Å². The number of fused-ring (bicyclic) bond motifs is 1. The van der Waals surface area contributed by atoms with Crippen LogP contribution in [-0.2, 0) is 4.79 Å². The molecule has 0 aliphatic rings. The first-order chi connectivity index (χ1) is 13.2. The van der Waals surface area contributed by atoms with Crippen molar-refractivity contribution in [1.29, 1.82) is 0 Å². The maximum atomic E-state index is 10.9. The Labute approximate surface area is 166 Å². The molecule has 5 nitrogen and oxygen atoms in total. The fourth-order valence-corrected chi connectivity index (χ4v) is 3.92. The summed E-state index contributed by atoms with van der Waals surface area (Å²) in [7, 11) is 0. The Balaban J connectivity index is 1.49. The first-order valence-corrected chi connectivity index (χ1v) is 10.1. The monoisotopic (exact) mass is 404 g/mol. The Kier molecular flexibility index (Phi) is 7.04. The standard InChI is InChI=1S/C20H21ClN2O3S/c21-15-13-14(20-22-16-7-4-5-8-18(16)27-20)10-11-17(15)26-12-6-2-1-3-9-19(24)23-25/h4-5,7-8,10-11,13,25H,1-3,6,9,12H2,(H,23,24). The van der Waals surface area contributed by atoms with E-state index >= 15 is 0 Å². The first kappa shape index (κ1) is 19.6. The molecular weight excluding hydrogens is 384 g/mol. The van der Waals surface area contributed by atoms with Crippen LogP contribution in [0.3, 0.4) is 0 Å². The van der Waals surface area contributed by atoms with E-state index in [1.807, 2.05) is 36.4 Å². The van der Waals surface area contributed by atoms with Gasteiger partial charge in [0.2, 0.25) is 5.91 Å². The lowest BCUT2D eigenvalue weighted by molar-refractivity contribution is -0.129. The van der Waals surface area contributed by atoms with Crippen molar-refractivity contribution in [2.24, 2.45) is 0 Å². The SMILES string of the molecule is O=C(CCCCCCOc1ccc(-c2nc3ccccc3s2)cc1Cl)NO. The number of hydroxylamine groups is 1. The van der Waals surface area contributed by atoms with E-state index in [4.69, 9.17) is 21.5 Å². The van der Waals surface area contributed by atoms with Crippen molar-refractivity contribution in [2.45, 2.75) is 32.1 Å². The molecule has 0 bridgehead atoms. The van der Waals surface area contributed by atoms with Crippen molar-refractivity contribution in [3.05, 3.63) is 47.5 Å². The summed E-state index contributed by atoms with van der Waals surface area (Å²) >= 11 is 8.02. The van der Waals surface area contributed by atoms with Crippen molar-refractivity contribution in [3.8, 4) is 16.3 Å². The van der Waals surface area contributed by atoms with Crippen molar-refractivity contribution in [1.82, 2.24) is 10.5 Å². The minimum absolute atomic E-state index is 0.341. The summed E-state index contributed by atoms with van der Waals surface area (Å²) in [5.74, 6) is 0.326. The summed E-state index contributed by atoms with van der Waals surface area (Å²) < 4.78 is 6.92. The molecule has 0 radical (unpaired) electrons. The highest BCUT2D eigenvalue weighted by atomic mass is 35.5. The van der Waals surface area contributed by atoms with Gasteiger partial charge in [0.15, 0.2) is 0 Å². The number of unbranched alkanes of at least 4 members (excludes halogenated alkanes) is 3. The molecule has 0 spiro atoms. The highest BCUT2D eigenvalue weighted by molar-refractivity contribution is 7.21. The molecule has 0 saturated heterocycles. The fourth-order valence-electron chi connectivity index (χ4n) is 2.73. The smallest absolute Gasteiger partial charge is 0.243 e. The second kappa shape index (κ2) is 9.69. The molecule has 0 fully saturated rings.